The Bertz CT molecular complexity index is 1010. The van der Waals surface area contributed by atoms with Crippen LogP contribution in [0.5, 0.6) is 0 Å². The van der Waals surface area contributed by atoms with Gasteiger partial charge in [0.05, 0.1) is 11.6 Å². The molecular weight excluding hydrogens is 366 g/mol. The molecule has 0 spiro atoms. The smallest absolute Gasteiger partial charge is 0.349 e. The number of carbonyl (C=O) groups excluding carboxylic acids is 1. The van der Waals surface area contributed by atoms with Crippen molar-refractivity contribution in [2.24, 2.45) is 12.5 Å². The van der Waals surface area contributed by atoms with E-state index in [1.807, 2.05) is 24.3 Å². The second kappa shape index (κ2) is 7.86. The molecule has 3 rings (SSSR count). The van der Waals surface area contributed by atoms with E-state index in [1.54, 1.807) is 7.05 Å². The van der Waals surface area contributed by atoms with Crippen LogP contribution in [0.1, 0.15) is 52.9 Å². The Labute approximate surface area is 171 Å². The normalized spacial score (nSPS) is 16.1. The standard InChI is InChI=1S/C22H29N5O2/c1-5-21(2,3)11-10-16(19(28)26-22(14-23)12-13-22)24-18-15-8-6-7-9-17(15)27(4)20(29)25-18/h6-9,16H,5,10-13H2,1-4H3,(H,26,28)(H,24,25,29)/t16-/m0/s1. The van der Waals surface area contributed by atoms with E-state index in [0.717, 1.165) is 23.7 Å². The highest BCUT2D eigenvalue weighted by Gasteiger charge is 2.45. The molecule has 1 saturated carbocycles. The van der Waals surface area contributed by atoms with E-state index >= 15 is 0 Å². The predicted octanol–water partition coefficient (Wildman–Crippen LogP) is 3.10. The van der Waals surface area contributed by atoms with Gasteiger partial charge in [-0.2, -0.15) is 10.2 Å². The van der Waals surface area contributed by atoms with Crippen LogP contribution in [0.4, 0.5) is 5.82 Å². The topological polar surface area (TPSA) is 99.8 Å². The highest BCUT2D eigenvalue weighted by atomic mass is 16.2. The maximum Gasteiger partial charge on any atom is 0.349 e. The lowest BCUT2D eigenvalue weighted by atomic mass is 9.83. The molecule has 2 aromatic rings. The number of carbonyl (C=O) groups is 1. The van der Waals surface area contributed by atoms with Gasteiger partial charge in [0.2, 0.25) is 5.91 Å². The Morgan fingerprint density at radius 3 is 2.69 bits per heavy atom. The van der Waals surface area contributed by atoms with E-state index in [1.165, 1.54) is 4.57 Å². The molecule has 0 unspecified atom stereocenters. The SMILES string of the molecule is CCC(C)(C)CC[C@H](Nc1nc(=O)n(C)c2ccccc12)C(=O)NC1(C#N)CC1. The van der Waals surface area contributed by atoms with Crippen molar-refractivity contribution in [2.45, 2.75) is 64.5 Å². The molecule has 1 aliphatic rings. The summed E-state index contributed by atoms with van der Waals surface area (Å²) in [6.45, 7) is 6.48. The zero-order valence-corrected chi connectivity index (χ0v) is 17.6. The summed E-state index contributed by atoms with van der Waals surface area (Å²) < 4.78 is 1.49. The lowest BCUT2D eigenvalue weighted by molar-refractivity contribution is -0.122. The maximum absolute atomic E-state index is 13.0. The summed E-state index contributed by atoms with van der Waals surface area (Å²) in [6.07, 6.45) is 3.76. The third-order valence-electron chi connectivity index (χ3n) is 6.04. The first kappa shape index (κ1) is 20.8. The van der Waals surface area contributed by atoms with Crippen LogP contribution in [-0.2, 0) is 11.8 Å². The lowest BCUT2D eigenvalue weighted by Crippen LogP contribution is -2.46. The van der Waals surface area contributed by atoms with Crippen LogP contribution < -0.4 is 16.3 Å². The van der Waals surface area contributed by atoms with Crippen molar-refractivity contribution in [3.05, 3.63) is 34.7 Å². The van der Waals surface area contributed by atoms with E-state index in [9.17, 15) is 14.9 Å². The van der Waals surface area contributed by atoms with Gasteiger partial charge in [-0.05, 0) is 43.2 Å². The van der Waals surface area contributed by atoms with Crippen LogP contribution >= 0.6 is 0 Å². The highest BCUT2D eigenvalue weighted by molar-refractivity contribution is 5.92. The monoisotopic (exact) mass is 395 g/mol. The number of benzene rings is 1. The van der Waals surface area contributed by atoms with Crippen LogP contribution in [0.15, 0.2) is 29.1 Å². The van der Waals surface area contributed by atoms with Gasteiger partial charge in [-0.1, -0.05) is 39.3 Å². The average molecular weight is 396 g/mol. The Morgan fingerprint density at radius 1 is 1.38 bits per heavy atom. The summed E-state index contributed by atoms with van der Waals surface area (Å²) in [5, 5.41) is 16.2. The number of hydrogen-bond donors (Lipinski definition) is 2. The molecule has 7 heteroatoms. The highest BCUT2D eigenvalue weighted by Crippen LogP contribution is 2.35. The first-order valence-electron chi connectivity index (χ1n) is 10.2. The second-order valence-electron chi connectivity index (χ2n) is 8.76. The van der Waals surface area contributed by atoms with Crippen molar-refractivity contribution in [3.63, 3.8) is 0 Å². The maximum atomic E-state index is 13.0. The zero-order chi connectivity index (χ0) is 21.2. The van der Waals surface area contributed by atoms with E-state index < -0.39 is 11.6 Å². The molecule has 0 saturated heterocycles. The van der Waals surface area contributed by atoms with Crippen molar-refractivity contribution < 1.29 is 4.79 Å². The molecule has 7 nitrogen and oxygen atoms in total. The number of anilines is 1. The summed E-state index contributed by atoms with van der Waals surface area (Å²) in [4.78, 5) is 29.5. The fourth-order valence-corrected chi connectivity index (χ4v) is 3.27. The molecule has 0 bridgehead atoms. The zero-order valence-electron chi connectivity index (χ0n) is 17.6. The first-order valence-corrected chi connectivity index (χ1v) is 10.2. The Morgan fingerprint density at radius 2 is 2.07 bits per heavy atom. The van der Waals surface area contributed by atoms with Gasteiger partial charge in [0, 0.05) is 12.4 Å². The minimum absolute atomic E-state index is 0.0923. The second-order valence-corrected chi connectivity index (χ2v) is 8.76. The first-order chi connectivity index (χ1) is 13.7. The van der Waals surface area contributed by atoms with Gasteiger partial charge in [0.25, 0.3) is 0 Å². The van der Waals surface area contributed by atoms with Crippen LogP contribution in [-0.4, -0.2) is 27.0 Å². The summed E-state index contributed by atoms with van der Waals surface area (Å²) >= 11 is 0. The fraction of sp³-hybridized carbons (Fsp3) is 0.545. The lowest BCUT2D eigenvalue weighted by Gasteiger charge is -2.27. The number of amides is 1. The Kier molecular flexibility index (Phi) is 5.65. The molecule has 0 radical (unpaired) electrons. The molecule has 29 heavy (non-hydrogen) atoms. The van der Waals surface area contributed by atoms with Gasteiger partial charge in [-0.15, -0.1) is 0 Å². The quantitative estimate of drug-likeness (QED) is 0.715. The van der Waals surface area contributed by atoms with Crippen LogP contribution in [0, 0.1) is 16.7 Å². The van der Waals surface area contributed by atoms with Crippen LogP contribution in [0.3, 0.4) is 0 Å². The van der Waals surface area contributed by atoms with Gasteiger partial charge in [0.15, 0.2) is 0 Å². The number of para-hydroxylation sites is 1. The van der Waals surface area contributed by atoms with E-state index in [2.05, 4.69) is 42.5 Å². The van der Waals surface area contributed by atoms with E-state index in [4.69, 9.17) is 0 Å². The van der Waals surface area contributed by atoms with Crippen molar-refractivity contribution in [1.29, 1.82) is 5.26 Å². The molecule has 1 aromatic carbocycles. The minimum atomic E-state index is -0.737. The molecule has 1 fully saturated rings. The molecule has 1 aromatic heterocycles. The minimum Gasteiger partial charge on any atom is -0.358 e. The third kappa shape index (κ3) is 4.58. The number of aromatic nitrogens is 2. The number of aryl methyl sites for hydroxylation is 1. The molecule has 1 amide bonds. The fourth-order valence-electron chi connectivity index (χ4n) is 3.27. The van der Waals surface area contributed by atoms with E-state index in [-0.39, 0.29) is 17.0 Å². The molecule has 1 aliphatic carbocycles. The predicted molar refractivity (Wildman–Crippen MR) is 113 cm³/mol. The van der Waals surface area contributed by atoms with Crippen molar-refractivity contribution in [1.82, 2.24) is 14.9 Å². The van der Waals surface area contributed by atoms with E-state index in [0.29, 0.717) is 25.1 Å². The number of nitrogens with zero attached hydrogens (tertiary/aromatic N) is 3. The van der Waals surface area contributed by atoms with Crippen molar-refractivity contribution >= 4 is 22.6 Å². The number of nitriles is 1. The van der Waals surface area contributed by atoms with Crippen LogP contribution in [0.2, 0.25) is 0 Å². The number of rotatable bonds is 8. The Balaban J connectivity index is 1.91. The van der Waals surface area contributed by atoms with Gasteiger partial charge in [0.1, 0.15) is 17.4 Å². The largest absolute Gasteiger partial charge is 0.358 e. The summed E-state index contributed by atoms with van der Waals surface area (Å²) in [6, 6.07) is 9.11. The Hall–Kier alpha value is -2.88. The summed E-state index contributed by atoms with van der Waals surface area (Å²) in [5.74, 6) is 0.183. The summed E-state index contributed by atoms with van der Waals surface area (Å²) in [5.41, 5.74) is -0.275. The molecule has 2 N–H and O–H groups in total. The number of hydrogen-bond acceptors (Lipinski definition) is 5. The van der Waals surface area contributed by atoms with Gasteiger partial charge >= 0.3 is 5.69 Å². The molecular formula is C22H29N5O2. The van der Waals surface area contributed by atoms with Crippen molar-refractivity contribution in [2.75, 3.05) is 5.32 Å². The van der Waals surface area contributed by atoms with Crippen LogP contribution in [0.25, 0.3) is 10.9 Å². The molecule has 154 valence electrons. The van der Waals surface area contributed by atoms with Crippen molar-refractivity contribution in [3.8, 4) is 6.07 Å². The number of fused-ring (bicyclic) bond motifs is 1. The van der Waals surface area contributed by atoms with Gasteiger partial charge in [-0.25, -0.2) is 4.79 Å². The molecule has 1 heterocycles. The molecule has 1 atom stereocenters. The van der Waals surface area contributed by atoms with Gasteiger partial charge in [-0.3, -0.25) is 9.36 Å². The van der Waals surface area contributed by atoms with Gasteiger partial charge < -0.3 is 10.6 Å². The number of nitrogens with one attached hydrogen (secondary N) is 2. The third-order valence-corrected chi connectivity index (χ3v) is 6.04. The average Bonchev–Trinajstić information content (AvgIpc) is 3.48. The molecule has 0 aliphatic heterocycles. The summed E-state index contributed by atoms with van der Waals surface area (Å²) in [7, 11) is 1.68.